The van der Waals surface area contributed by atoms with Crippen molar-refractivity contribution in [3.8, 4) is 0 Å². The predicted octanol–water partition coefficient (Wildman–Crippen LogP) is 2.43. The number of aliphatic carboxylic acids is 1. The molecule has 0 radical (unpaired) electrons. The van der Waals surface area contributed by atoms with E-state index in [2.05, 4.69) is 0 Å². The van der Waals surface area contributed by atoms with Gasteiger partial charge in [0.25, 0.3) is 5.91 Å². The van der Waals surface area contributed by atoms with Crippen LogP contribution in [0.4, 0.5) is 0 Å². The molecular formula is C13H15NO3S2. The molecule has 0 unspecified atom stereocenters. The molecule has 0 saturated carbocycles. The minimum atomic E-state index is -0.981. The van der Waals surface area contributed by atoms with Crippen LogP contribution in [-0.4, -0.2) is 46.5 Å². The van der Waals surface area contributed by atoms with Crippen LogP contribution in [0.15, 0.2) is 18.2 Å². The van der Waals surface area contributed by atoms with Crippen LogP contribution >= 0.6 is 23.1 Å². The Labute approximate surface area is 120 Å². The summed E-state index contributed by atoms with van der Waals surface area (Å²) < 4.78 is 0. The van der Waals surface area contributed by atoms with Crippen molar-refractivity contribution in [1.82, 2.24) is 4.90 Å². The van der Waals surface area contributed by atoms with Gasteiger partial charge in [0.2, 0.25) is 0 Å². The second-order valence-corrected chi connectivity index (χ2v) is 6.47. The zero-order valence-corrected chi connectivity index (χ0v) is 12.0. The Balaban J connectivity index is 2.04. The Kier molecular flexibility index (Phi) is 5.04. The fourth-order valence-corrected chi connectivity index (χ4v) is 3.58. The van der Waals surface area contributed by atoms with Gasteiger partial charge in [-0.3, -0.25) is 4.79 Å². The highest BCUT2D eigenvalue weighted by molar-refractivity contribution is 7.99. The normalized spacial score (nSPS) is 16.5. The van der Waals surface area contributed by atoms with E-state index in [0.29, 0.717) is 4.88 Å². The third kappa shape index (κ3) is 4.11. The van der Waals surface area contributed by atoms with E-state index in [0.717, 1.165) is 42.0 Å². The number of carboxylic acids is 1. The average molecular weight is 297 g/mol. The summed E-state index contributed by atoms with van der Waals surface area (Å²) in [5, 5.41) is 8.57. The Morgan fingerprint density at radius 2 is 2.11 bits per heavy atom. The molecule has 0 bridgehead atoms. The van der Waals surface area contributed by atoms with Gasteiger partial charge in [-0.15, -0.1) is 11.3 Å². The quantitative estimate of drug-likeness (QED) is 0.871. The lowest BCUT2D eigenvalue weighted by Crippen LogP contribution is -2.32. The van der Waals surface area contributed by atoms with Crippen molar-refractivity contribution in [2.45, 2.75) is 6.42 Å². The Bertz CT molecular complexity index is 488. The number of carboxylic acid groups (broad SMARTS) is 1. The first-order valence-electron chi connectivity index (χ1n) is 6.04. The maximum Gasteiger partial charge on any atom is 0.328 e. The smallest absolute Gasteiger partial charge is 0.328 e. The maximum absolute atomic E-state index is 12.3. The van der Waals surface area contributed by atoms with Gasteiger partial charge in [0.15, 0.2) is 0 Å². The minimum absolute atomic E-state index is 0.0578. The highest BCUT2D eigenvalue weighted by Gasteiger charge is 2.18. The Hall–Kier alpha value is -1.27. The minimum Gasteiger partial charge on any atom is -0.478 e. The number of carbonyl (C=O) groups is 2. The van der Waals surface area contributed by atoms with Gasteiger partial charge in [0.05, 0.1) is 4.88 Å². The monoisotopic (exact) mass is 297 g/mol. The van der Waals surface area contributed by atoms with Gasteiger partial charge in [-0.1, -0.05) is 0 Å². The molecule has 1 aromatic heterocycles. The first kappa shape index (κ1) is 14.1. The van der Waals surface area contributed by atoms with Gasteiger partial charge >= 0.3 is 5.97 Å². The van der Waals surface area contributed by atoms with E-state index >= 15 is 0 Å². The molecule has 4 nitrogen and oxygen atoms in total. The van der Waals surface area contributed by atoms with Crippen LogP contribution in [0.25, 0.3) is 6.08 Å². The second kappa shape index (κ2) is 6.77. The van der Waals surface area contributed by atoms with Crippen molar-refractivity contribution in [3.63, 3.8) is 0 Å². The van der Waals surface area contributed by atoms with E-state index in [1.165, 1.54) is 17.4 Å². The summed E-state index contributed by atoms with van der Waals surface area (Å²) in [7, 11) is 0. The van der Waals surface area contributed by atoms with Crippen LogP contribution in [0.1, 0.15) is 21.0 Å². The van der Waals surface area contributed by atoms with Crippen LogP contribution in [-0.2, 0) is 4.79 Å². The molecule has 0 aromatic carbocycles. The van der Waals surface area contributed by atoms with Crippen LogP contribution in [0.3, 0.4) is 0 Å². The van der Waals surface area contributed by atoms with Crippen molar-refractivity contribution in [1.29, 1.82) is 0 Å². The Morgan fingerprint density at radius 1 is 1.26 bits per heavy atom. The van der Waals surface area contributed by atoms with Crippen LogP contribution in [0.2, 0.25) is 0 Å². The zero-order valence-electron chi connectivity index (χ0n) is 10.4. The number of carbonyl (C=O) groups excluding carboxylic acids is 1. The molecule has 19 heavy (non-hydrogen) atoms. The molecule has 2 heterocycles. The molecule has 1 saturated heterocycles. The third-order valence-electron chi connectivity index (χ3n) is 2.74. The summed E-state index contributed by atoms with van der Waals surface area (Å²) in [5.74, 6) is 1.18. The molecule has 102 valence electrons. The highest BCUT2D eigenvalue weighted by atomic mass is 32.2. The lowest BCUT2D eigenvalue weighted by atomic mass is 10.3. The molecule has 1 aliphatic rings. The van der Waals surface area contributed by atoms with Crippen LogP contribution in [0.5, 0.6) is 0 Å². The largest absolute Gasteiger partial charge is 0.478 e. The molecule has 1 aliphatic heterocycles. The van der Waals surface area contributed by atoms with Crippen LogP contribution in [0, 0.1) is 0 Å². The van der Waals surface area contributed by atoms with Crippen LogP contribution < -0.4 is 0 Å². The van der Waals surface area contributed by atoms with E-state index in [1.807, 2.05) is 16.7 Å². The first-order chi connectivity index (χ1) is 9.16. The lowest BCUT2D eigenvalue weighted by molar-refractivity contribution is -0.131. The summed E-state index contributed by atoms with van der Waals surface area (Å²) in [5.41, 5.74) is 0. The second-order valence-electron chi connectivity index (χ2n) is 4.13. The van der Waals surface area contributed by atoms with Gasteiger partial charge in [-0.2, -0.15) is 11.8 Å². The maximum atomic E-state index is 12.3. The molecule has 0 aliphatic carbocycles. The first-order valence-corrected chi connectivity index (χ1v) is 8.02. The van der Waals surface area contributed by atoms with Crippen molar-refractivity contribution in [2.24, 2.45) is 0 Å². The topological polar surface area (TPSA) is 57.6 Å². The molecule has 2 rings (SSSR count). The zero-order chi connectivity index (χ0) is 13.7. The van der Waals surface area contributed by atoms with Crippen molar-refractivity contribution >= 4 is 41.1 Å². The van der Waals surface area contributed by atoms with Crippen molar-refractivity contribution in [2.75, 3.05) is 24.6 Å². The van der Waals surface area contributed by atoms with Gasteiger partial charge < -0.3 is 10.0 Å². The highest BCUT2D eigenvalue weighted by Crippen LogP contribution is 2.21. The van der Waals surface area contributed by atoms with E-state index in [9.17, 15) is 9.59 Å². The SMILES string of the molecule is O=C(O)/C=C/c1ccc(C(=O)N2CCCSCC2)s1. The molecule has 1 aromatic rings. The molecule has 0 atom stereocenters. The van der Waals surface area contributed by atoms with E-state index in [-0.39, 0.29) is 5.91 Å². The summed E-state index contributed by atoms with van der Waals surface area (Å²) >= 11 is 3.22. The molecule has 1 N–H and O–H groups in total. The molecule has 0 spiro atoms. The summed E-state index contributed by atoms with van der Waals surface area (Å²) in [6.45, 7) is 1.60. The summed E-state index contributed by atoms with van der Waals surface area (Å²) in [4.78, 5) is 26.1. The molecule has 1 fully saturated rings. The number of hydrogen-bond acceptors (Lipinski definition) is 4. The molecule has 1 amide bonds. The number of nitrogens with zero attached hydrogens (tertiary/aromatic N) is 1. The summed E-state index contributed by atoms with van der Waals surface area (Å²) in [6.07, 6.45) is 3.64. The third-order valence-corrected chi connectivity index (χ3v) is 4.82. The van der Waals surface area contributed by atoms with E-state index in [1.54, 1.807) is 12.1 Å². The fraction of sp³-hybridized carbons (Fsp3) is 0.385. The molecular weight excluding hydrogens is 282 g/mol. The number of hydrogen-bond donors (Lipinski definition) is 1. The number of amides is 1. The predicted molar refractivity (Wildman–Crippen MR) is 78.8 cm³/mol. The van der Waals surface area contributed by atoms with Gasteiger partial charge in [0.1, 0.15) is 0 Å². The van der Waals surface area contributed by atoms with Gasteiger partial charge in [-0.05, 0) is 30.4 Å². The van der Waals surface area contributed by atoms with Crippen molar-refractivity contribution in [3.05, 3.63) is 28.0 Å². The number of thiophene rings is 1. The van der Waals surface area contributed by atoms with Gasteiger partial charge in [0, 0.05) is 29.8 Å². The van der Waals surface area contributed by atoms with Crippen molar-refractivity contribution < 1.29 is 14.7 Å². The van der Waals surface area contributed by atoms with E-state index in [4.69, 9.17) is 5.11 Å². The number of rotatable bonds is 3. The fourth-order valence-electron chi connectivity index (χ4n) is 1.82. The lowest BCUT2D eigenvalue weighted by Gasteiger charge is -2.18. The summed E-state index contributed by atoms with van der Waals surface area (Å²) in [6, 6.07) is 3.55. The number of thioether (sulfide) groups is 1. The molecule has 6 heteroatoms. The van der Waals surface area contributed by atoms with E-state index < -0.39 is 5.97 Å². The van der Waals surface area contributed by atoms with Gasteiger partial charge in [-0.25, -0.2) is 4.79 Å². The Morgan fingerprint density at radius 3 is 2.89 bits per heavy atom. The standard InChI is InChI=1S/C13H15NO3S2/c15-12(16)5-3-10-2-4-11(19-10)13(17)14-6-1-8-18-9-7-14/h2-5H,1,6-9H2,(H,15,16)/b5-3+. The average Bonchev–Trinajstić information content (AvgIpc) is 2.69.